The Labute approximate surface area is 137 Å². The van der Waals surface area contributed by atoms with Gasteiger partial charge in [-0.3, -0.25) is 9.52 Å². The lowest BCUT2D eigenvalue weighted by molar-refractivity contribution is 0.0656. The molecule has 6 nitrogen and oxygen atoms in total. The van der Waals surface area contributed by atoms with E-state index in [-0.39, 0.29) is 24.4 Å². The molecule has 0 bridgehead atoms. The SMILES string of the molecule is Cc1ccc(C(=O)N2CCNC[C@H]2C)cc1NS(C)(=O)=O.Cl. The zero-order chi connectivity index (χ0) is 15.6. The van der Waals surface area contributed by atoms with Crippen LogP contribution in [0, 0.1) is 6.92 Å². The van der Waals surface area contributed by atoms with Gasteiger partial charge in [0, 0.05) is 31.2 Å². The molecule has 1 aromatic carbocycles. The van der Waals surface area contributed by atoms with Gasteiger partial charge in [0.25, 0.3) is 5.91 Å². The Bertz CT molecular complexity index is 649. The number of nitrogens with one attached hydrogen (secondary N) is 2. The highest BCUT2D eigenvalue weighted by molar-refractivity contribution is 7.92. The number of halogens is 1. The number of carbonyl (C=O) groups is 1. The molecule has 1 aliphatic rings. The Morgan fingerprint density at radius 1 is 1.41 bits per heavy atom. The first kappa shape index (κ1) is 18.7. The molecular weight excluding hydrogens is 326 g/mol. The van der Waals surface area contributed by atoms with Gasteiger partial charge in [0.2, 0.25) is 10.0 Å². The largest absolute Gasteiger partial charge is 0.333 e. The van der Waals surface area contributed by atoms with E-state index in [2.05, 4.69) is 10.0 Å². The molecule has 22 heavy (non-hydrogen) atoms. The van der Waals surface area contributed by atoms with Crippen molar-refractivity contribution in [3.8, 4) is 0 Å². The number of hydrogen-bond donors (Lipinski definition) is 2. The van der Waals surface area contributed by atoms with Crippen molar-refractivity contribution < 1.29 is 13.2 Å². The summed E-state index contributed by atoms with van der Waals surface area (Å²) in [5, 5.41) is 3.24. The highest BCUT2D eigenvalue weighted by atomic mass is 35.5. The Morgan fingerprint density at radius 3 is 2.68 bits per heavy atom. The summed E-state index contributed by atoms with van der Waals surface area (Å²) in [4.78, 5) is 14.4. The van der Waals surface area contributed by atoms with Crippen molar-refractivity contribution >= 4 is 34.0 Å². The van der Waals surface area contributed by atoms with Gasteiger partial charge >= 0.3 is 0 Å². The first-order chi connectivity index (χ1) is 9.78. The van der Waals surface area contributed by atoms with Crippen LogP contribution >= 0.6 is 12.4 Å². The Morgan fingerprint density at radius 2 is 2.09 bits per heavy atom. The highest BCUT2D eigenvalue weighted by Gasteiger charge is 2.24. The third-order valence-electron chi connectivity index (χ3n) is 3.54. The summed E-state index contributed by atoms with van der Waals surface area (Å²) in [7, 11) is -3.36. The smallest absolute Gasteiger partial charge is 0.254 e. The standard InChI is InChI=1S/C14H21N3O3S.ClH/c1-10-4-5-12(8-13(10)16-21(3,19)20)14(18)17-7-6-15-9-11(17)2;/h4-5,8,11,15-16H,6-7,9H2,1-3H3;1H/t11-;/m1./s1. The fourth-order valence-electron chi connectivity index (χ4n) is 2.37. The van der Waals surface area contributed by atoms with Gasteiger partial charge < -0.3 is 10.2 Å². The molecule has 1 saturated heterocycles. The minimum Gasteiger partial charge on any atom is -0.333 e. The first-order valence-electron chi connectivity index (χ1n) is 6.88. The van der Waals surface area contributed by atoms with E-state index in [4.69, 9.17) is 0 Å². The summed E-state index contributed by atoms with van der Waals surface area (Å²) in [6.07, 6.45) is 1.10. The fourth-order valence-corrected chi connectivity index (χ4v) is 2.99. The number of carbonyl (C=O) groups excluding carboxylic acids is 1. The number of sulfonamides is 1. The predicted molar refractivity (Wildman–Crippen MR) is 90.3 cm³/mol. The molecule has 1 aliphatic heterocycles. The average Bonchev–Trinajstić information content (AvgIpc) is 2.39. The number of aryl methyl sites for hydroxylation is 1. The second-order valence-corrected chi connectivity index (χ2v) is 7.20. The Balaban J connectivity index is 0.00000242. The molecule has 0 spiro atoms. The van der Waals surface area contributed by atoms with E-state index >= 15 is 0 Å². The molecule has 1 atom stereocenters. The van der Waals surface area contributed by atoms with E-state index in [0.717, 1.165) is 24.9 Å². The van der Waals surface area contributed by atoms with Gasteiger partial charge in [-0.25, -0.2) is 8.42 Å². The van der Waals surface area contributed by atoms with E-state index < -0.39 is 10.0 Å². The van der Waals surface area contributed by atoms with Crippen LogP contribution < -0.4 is 10.0 Å². The summed E-state index contributed by atoms with van der Waals surface area (Å²) in [6.45, 7) is 5.99. The Hall–Kier alpha value is -1.31. The number of benzene rings is 1. The molecule has 0 radical (unpaired) electrons. The van der Waals surface area contributed by atoms with Crippen LogP contribution in [-0.4, -0.2) is 51.2 Å². The van der Waals surface area contributed by atoms with Crippen LogP contribution in [0.1, 0.15) is 22.8 Å². The quantitative estimate of drug-likeness (QED) is 0.861. The third-order valence-corrected chi connectivity index (χ3v) is 4.13. The number of hydrogen-bond acceptors (Lipinski definition) is 4. The molecule has 1 heterocycles. The second kappa shape index (κ2) is 7.30. The molecule has 0 saturated carbocycles. The molecular formula is C14H22ClN3O3S. The second-order valence-electron chi connectivity index (χ2n) is 5.46. The van der Waals surface area contributed by atoms with Crippen LogP contribution in [-0.2, 0) is 10.0 Å². The van der Waals surface area contributed by atoms with Crippen molar-refractivity contribution in [1.82, 2.24) is 10.2 Å². The zero-order valence-corrected chi connectivity index (χ0v) is 14.6. The Kier molecular flexibility index (Phi) is 6.22. The first-order valence-corrected chi connectivity index (χ1v) is 8.77. The lowest BCUT2D eigenvalue weighted by Gasteiger charge is -2.34. The van der Waals surface area contributed by atoms with Crippen LogP contribution in [0.2, 0.25) is 0 Å². The van der Waals surface area contributed by atoms with E-state index in [1.165, 1.54) is 0 Å². The average molecular weight is 348 g/mol. The van der Waals surface area contributed by atoms with Crippen molar-refractivity contribution in [1.29, 1.82) is 0 Å². The number of rotatable bonds is 3. The van der Waals surface area contributed by atoms with Gasteiger partial charge in [0.05, 0.1) is 11.9 Å². The maximum atomic E-state index is 12.6. The summed E-state index contributed by atoms with van der Waals surface area (Å²) < 4.78 is 25.2. The topological polar surface area (TPSA) is 78.5 Å². The fraction of sp³-hybridized carbons (Fsp3) is 0.500. The van der Waals surface area contributed by atoms with Crippen LogP contribution in [0.4, 0.5) is 5.69 Å². The van der Waals surface area contributed by atoms with Crippen molar-refractivity contribution in [2.75, 3.05) is 30.6 Å². The summed E-state index contributed by atoms with van der Waals surface area (Å²) in [6, 6.07) is 5.22. The van der Waals surface area contributed by atoms with E-state index in [1.807, 2.05) is 11.8 Å². The third kappa shape index (κ3) is 4.59. The van der Waals surface area contributed by atoms with Crippen molar-refractivity contribution in [3.63, 3.8) is 0 Å². The molecule has 0 aromatic heterocycles. The highest BCUT2D eigenvalue weighted by Crippen LogP contribution is 2.20. The molecule has 0 unspecified atom stereocenters. The molecule has 8 heteroatoms. The van der Waals surface area contributed by atoms with E-state index in [0.29, 0.717) is 17.8 Å². The maximum absolute atomic E-state index is 12.6. The van der Waals surface area contributed by atoms with Gasteiger partial charge in [-0.1, -0.05) is 6.07 Å². The lowest BCUT2D eigenvalue weighted by atomic mass is 10.1. The van der Waals surface area contributed by atoms with Crippen LogP contribution in [0.15, 0.2) is 18.2 Å². The monoisotopic (exact) mass is 347 g/mol. The van der Waals surface area contributed by atoms with Gasteiger partial charge in [-0.05, 0) is 31.5 Å². The number of nitrogens with zero attached hydrogens (tertiary/aromatic N) is 1. The van der Waals surface area contributed by atoms with Crippen LogP contribution in [0.25, 0.3) is 0 Å². The summed E-state index contributed by atoms with van der Waals surface area (Å²) in [5.41, 5.74) is 1.73. The van der Waals surface area contributed by atoms with Crippen LogP contribution in [0.5, 0.6) is 0 Å². The van der Waals surface area contributed by atoms with E-state index in [9.17, 15) is 13.2 Å². The van der Waals surface area contributed by atoms with Crippen LogP contribution in [0.3, 0.4) is 0 Å². The molecule has 2 rings (SSSR count). The van der Waals surface area contributed by atoms with Crippen molar-refractivity contribution in [2.45, 2.75) is 19.9 Å². The molecule has 1 amide bonds. The summed E-state index contributed by atoms with van der Waals surface area (Å²) in [5.74, 6) is -0.0689. The lowest BCUT2D eigenvalue weighted by Crippen LogP contribution is -2.52. The normalized spacial score (nSPS) is 18.5. The predicted octanol–water partition coefficient (Wildman–Crippen LogP) is 1.22. The van der Waals surface area contributed by atoms with E-state index in [1.54, 1.807) is 25.1 Å². The number of amides is 1. The van der Waals surface area contributed by atoms with Gasteiger partial charge in [-0.15, -0.1) is 12.4 Å². The minimum atomic E-state index is -3.36. The van der Waals surface area contributed by atoms with Crippen molar-refractivity contribution in [3.05, 3.63) is 29.3 Å². The number of anilines is 1. The van der Waals surface area contributed by atoms with Crippen molar-refractivity contribution in [2.24, 2.45) is 0 Å². The van der Waals surface area contributed by atoms with Gasteiger partial charge in [0.15, 0.2) is 0 Å². The van der Waals surface area contributed by atoms with Gasteiger partial charge in [0.1, 0.15) is 0 Å². The maximum Gasteiger partial charge on any atom is 0.254 e. The molecule has 124 valence electrons. The van der Waals surface area contributed by atoms with Gasteiger partial charge in [-0.2, -0.15) is 0 Å². The zero-order valence-electron chi connectivity index (χ0n) is 12.9. The molecule has 2 N–H and O–H groups in total. The molecule has 0 aliphatic carbocycles. The molecule has 1 aromatic rings. The minimum absolute atomic E-state index is 0. The summed E-state index contributed by atoms with van der Waals surface area (Å²) >= 11 is 0. The number of piperazine rings is 1. The molecule has 1 fully saturated rings.